The summed E-state index contributed by atoms with van der Waals surface area (Å²) in [6, 6.07) is 3.80. The largest absolute Gasteiger partial charge is 0.324 e. The number of amides is 1. The monoisotopic (exact) mass is 344 g/mol. The Kier molecular flexibility index (Phi) is 4.50. The van der Waals surface area contributed by atoms with Crippen molar-refractivity contribution in [3.8, 4) is 11.4 Å². The minimum absolute atomic E-state index is 0.00712. The maximum absolute atomic E-state index is 14.5. The number of anilines is 1. The second kappa shape index (κ2) is 6.75. The summed E-state index contributed by atoms with van der Waals surface area (Å²) in [5.41, 5.74) is 0.600. The van der Waals surface area contributed by atoms with Crippen molar-refractivity contribution in [1.29, 1.82) is 0 Å². The van der Waals surface area contributed by atoms with Gasteiger partial charge in [-0.05, 0) is 49.4 Å². The summed E-state index contributed by atoms with van der Waals surface area (Å²) < 4.78 is 17.4. The van der Waals surface area contributed by atoms with E-state index in [0.717, 1.165) is 0 Å². The molecular formula is C15H17FN8O. The molecule has 0 fully saturated rings. The van der Waals surface area contributed by atoms with Gasteiger partial charge in [0, 0.05) is 5.69 Å². The molecule has 0 radical (unpaired) electrons. The maximum atomic E-state index is 14.5. The zero-order valence-corrected chi connectivity index (χ0v) is 14.0. The van der Waals surface area contributed by atoms with Crippen LogP contribution in [0.1, 0.15) is 32.9 Å². The summed E-state index contributed by atoms with van der Waals surface area (Å²) in [5, 5.41) is 17.9. The first kappa shape index (κ1) is 16.7. The van der Waals surface area contributed by atoms with Crippen LogP contribution in [0, 0.1) is 5.82 Å². The molecule has 3 aromatic rings. The molecule has 0 saturated heterocycles. The van der Waals surface area contributed by atoms with Crippen LogP contribution < -0.4 is 5.32 Å². The summed E-state index contributed by atoms with van der Waals surface area (Å²) in [7, 11) is 0. The van der Waals surface area contributed by atoms with Gasteiger partial charge < -0.3 is 5.32 Å². The third kappa shape index (κ3) is 3.37. The van der Waals surface area contributed by atoms with Crippen molar-refractivity contribution < 1.29 is 9.18 Å². The van der Waals surface area contributed by atoms with E-state index in [4.69, 9.17) is 0 Å². The van der Waals surface area contributed by atoms with Crippen LogP contribution in [-0.2, 0) is 4.79 Å². The topological polar surface area (TPSA) is 103 Å². The van der Waals surface area contributed by atoms with E-state index < -0.39 is 11.9 Å². The Morgan fingerprint density at radius 2 is 2.08 bits per heavy atom. The predicted molar refractivity (Wildman–Crippen MR) is 87.0 cm³/mol. The van der Waals surface area contributed by atoms with Gasteiger partial charge in [-0.2, -0.15) is 5.10 Å². The number of hydrogen-bond donors (Lipinski definition) is 1. The highest BCUT2D eigenvalue weighted by Gasteiger charge is 2.18. The lowest BCUT2D eigenvalue weighted by Gasteiger charge is -2.13. The van der Waals surface area contributed by atoms with Crippen LogP contribution in [0.15, 0.2) is 30.9 Å². The summed E-state index contributed by atoms with van der Waals surface area (Å²) in [5.74, 6) is -0.520. The molecule has 2 aromatic heterocycles. The number of halogens is 1. The van der Waals surface area contributed by atoms with Gasteiger partial charge in [-0.3, -0.25) is 4.79 Å². The van der Waals surface area contributed by atoms with Crippen molar-refractivity contribution >= 4 is 11.6 Å². The predicted octanol–water partition coefficient (Wildman–Crippen LogP) is 1.85. The Bertz CT molecular complexity index is 874. The number of rotatable bonds is 5. The molecule has 3 rings (SSSR count). The molecule has 0 bridgehead atoms. The van der Waals surface area contributed by atoms with Crippen molar-refractivity contribution in [3.05, 3.63) is 36.7 Å². The van der Waals surface area contributed by atoms with E-state index in [1.807, 2.05) is 13.8 Å². The zero-order chi connectivity index (χ0) is 18.0. The minimum atomic E-state index is -0.571. The maximum Gasteiger partial charge on any atom is 0.249 e. The highest BCUT2D eigenvalue weighted by Crippen LogP contribution is 2.25. The molecule has 1 unspecified atom stereocenters. The van der Waals surface area contributed by atoms with E-state index in [1.54, 1.807) is 13.0 Å². The van der Waals surface area contributed by atoms with Crippen molar-refractivity contribution in [3.63, 3.8) is 0 Å². The summed E-state index contributed by atoms with van der Waals surface area (Å²) in [6.45, 7) is 5.47. The van der Waals surface area contributed by atoms with Gasteiger partial charge in [0.2, 0.25) is 5.91 Å². The summed E-state index contributed by atoms with van der Waals surface area (Å²) in [4.78, 5) is 16.0. The number of aromatic nitrogens is 7. The Labute approximate surface area is 142 Å². The first-order valence-electron chi connectivity index (χ1n) is 7.70. The number of benzene rings is 1. The van der Waals surface area contributed by atoms with Crippen molar-refractivity contribution in [1.82, 2.24) is 35.0 Å². The lowest BCUT2D eigenvalue weighted by Crippen LogP contribution is -2.24. The van der Waals surface area contributed by atoms with E-state index in [2.05, 4.69) is 30.9 Å². The van der Waals surface area contributed by atoms with Gasteiger partial charge in [0.05, 0.1) is 11.6 Å². The highest BCUT2D eigenvalue weighted by molar-refractivity contribution is 5.93. The van der Waals surface area contributed by atoms with Gasteiger partial charge in [0.1, 0.15) is 24.5 Å². The molecule has 10 heteroatoms. The molecular weight excluding hydrogens is 327 g/mol. The van der Waals surface area contributed by atoms with Crippen molar-refractivity contribution in [2.75, 3.05) is 5.32 Å². The molecule has 0 aliphatic rings. The van der Waals surface area contributed by atoms with E-state index in [0.29, 0.717) is 11.5 Å². The van der Waals surface area contributed by atoms with E-state index in [-0.39, 0.29) is 17.5 Å². The first-order valence-corrected chi connectivity index (χ1v) is 7.70. The molecule has 0 saturated carbocycles. The Balaban J connectivity index is 1.80. The van der Waals surface area contributed by atoms with Gasteiger partial charge in [-0.1, -0.05) is 0 Å². The van der Waals surface area contributed by atoms with Crippen LogP contribution in [0.4, 0.5) is 10.1 Å². The van der Waals surface area contributed by atoms with Crippen LogP contribution in [0.3, 0.4) is 0 Å². The van der Waals surface area contributed by atoms with Crippen LogP contribution in [0.25, 0.3) is 11.4 Å². The summed E-state index contributed by atoms with van der Waals surface area (Å²) in [6.07, 6.45) is 2.79. The van der Waals surface area contributed by atoms with Gasteiger partial charge >= 0.3 is 0 Å². The molecule has 1 aromatic carbocycles. The number of nitrogens with one attached hydrogen (secondary N) is 1. The zero-order valence-electron chi connectivity index (χ0n) is 14.0. The highest BCUT2D eigenvalue weighted by atomic mass is 19.1. The number of carbonyl (C=O) groups excluding carboxylic acids is 1. The lowest BCUT2D eigenvalue weighted by molar-refractivity contribution is -0.119. The number of hydrogen-bond acceptors (Lipinski definition) is 6. The molecule has 2 heterocycles. The second-order valence-corrected chi connectivity index (χ2v) is 5.78. The van der Waals surface area contributed by atoms with Crippen LogP contribution in [-0.4, -0.2) is 40.9 Å². The fourth-order valence-corrected chi connectivity index (χ4v) is 2.28. The minimum Gasteiger partial charge on any atom is -0.324 e. The van der Waals surface area contributed by atoms with E-state index >= 15 is 0 Å². The van der Waals surface area contributed by atoms with Gasteiger partial charge in [0.15, 0.2) is 5.82 Å². The van der Waals surface area contributed by atoms with Gasteiger partial charge in [-0.15, -0.1) is 5.10 Å². The van der Waals surface area contributed by atoms with E-state index in [9.17, 15) is 9.18 Å². The van der Waals surface area contributed by atoms with Gasteiger partial charge in [0.25, 0.3) is 0 Å². The average Bonchev–Trinajstić information content (AvgIpc) is 3.25. The molecule has 1 amide bonds. The van der Waals surface area contributed by atoms with Gasteiger partial charge in [-0.25, -0.2) is 18.7 Å². The third-order valence-electron chi connectivity index (χ3n) is 3.67. The van der Waals surface area contributed by atoms with Crippen LogP contribution in [0.2, 0.25) is 0 Å². The average molecular weight is 344 g/mol. The third-order valence-corrected chi connectivity index (χ3v) is 3.67. The van der Waals surface area contributed by atoms with E-state index in [1.165, 1.54) is 34.2 Å². The fourth-order valence-electron chi connectivity index (χ4n) is 2.28. The smallest absolute Gasteiger partial charge is 0.249 e. The lowest BCUT2D eigenvalue weighted by atomic mass is 10.1. The standard InChI is InChI=1S/C15H17FN8O/c1-9(2)24-14(20-21-22-24)12-5-4-11(6-13(12)16)19-15(25)10(3)23-8-17-7-18-23/h4-10H,1-3H3,(H,19,25). The second-order valence-electron chi connectivity index (χ2n) is 5.78. The Hall–Kier alpha value is -3.17. The number of carbonyl (C=O) groups is 1. The molecule has 130 valence electrons. The Morgan fingerprint density at radius 1 is 1.28 bits per heavy atom. The molecule has 1 N–H and O–H groups in total. The SMILES string of the molecule is CC(C(=O)Nc1ccc(-c2nnnn2C(C)C)c(F)c1)n1cncn1. The number of tetrazole rings is 1. The molecule has 0 spiro atoms. The number of nitrogens with zero attached hydrogens (tertiary/aromatic N) is 7. The fraction of sp³-hybridized carbons (Fsp3) is 0.333. The Morgan fingerprint density at radius 3 is 2.72 bits per heavy atom. The van der Waals surface area contributed by atoms with Crippen molar-refractivity contribution in [2.24, 2.45) is 0 Å². The normalized spacial score (nSPS) is 12.4. The first-order chi connectivity index (χ1) is 12.0. The molecule has 25 heavy (non-hydrogen) atoms. The quantitative estimate of drug-likeness (QED) is 0.757. The van der Waals surface area contributed by atoms with Crippen LogP contribution >= 0.6 is 0 Å². The summed E-state index contributed by atoms with van der Waals surface area (Å²) >= 11 is 0. The molecule has 9 nitrogen and oxygen atoms in total. The molecule has 0 aliphatic carbocycles. The van der Waals surface area contributed by atoms with Crippen molar-refractivity contribution in [2.45, 2.75) is 32.9 Å². The molecule has 1 atom stereocenters. The van der Waals surface area contributed by atoms with Crippen LogP contribution in [0.5, 0.6) is 0 Å². The molecule has 0 aliphatic heterocycles.